The highest BCUT2D eigenvalue weighted by molar-refractivity contribution is 5.74. The predicted octanol–water partition coefficient (Wildman–Crippen LogP) is 16.8. The van der Waals surface area contributed by atoms with E-state index in [1.807, 2.05) is 0 Å². The highest BCUT2D eigenvalue weighted by atomic mass is 16.7. The Morgan fingerprint density at radius 3 is 1.21 bits per heavy atom. The Hall–Kier alpha value is -4.88. The minimum atomic E-state index is -1.92. The number of aliphatic hydroxyl groups is 2. The van der Waals surface area contributed by atoms with Crippen molar-refractivity contribution in [3.8, 4) is 0 Å². The van der Waals surface area contributed by atoms with Crippen LogP contribution < -0.4 is 0 Å². The summed E-state index contributed by atoms with van der Waals surface area (Å²) < 4.78 is 28.4. The van der Waals surface area contributed by atoms with Crippen LogP contribution in [0.3, 0.4) is 0 Å². The second-order valence-corrected chi connectivity index (χ2v) is 20.9. The molecule has 0 spiro atoms. The summed E-state index contributed by atoms with van der Waals surface area (Å²) in [6.45, 7) is 5.70. The quantitative estimate of drug-likeness (QED) is 0.0228. The Labute approximate surface area is 490 Å². The number of carbonyl (C=O) groups excluding carboxylic acids is 3. The van der Waals surface area contributed by atoms with Crippen molar-refractivity contribution in [3.05, 3.63) is 122 Å². The van der Waals surface area contributed by atoms with Gasteiger partial charge in [-0.2, -0.15) is 0 Å². The maximum atomic E-state index is 13.2. The molecule has 0 aliphatic carbocycles. The van der Waals surface area contributed by atoms with Gasteiger partial charge in [0.1, 0.15) is 18.8 Å². The lowest BCUT2D eigenvalue weighted by Crippen LogP contribution is -2.61. The molecule has 3 N–H and O–H groups in total. The van der Waals surface area contributed by atoms with E-state index in [-0.39, 0.29) is 25.9 Å². The molecule has 458 valence electrons. The third-order valence-corrected chi connectivity index (χ3v) is 13.5. The molecule has 0 amide bonds. The van der Waals surface area contributed by atoms with Gasteiger partial charge in [0.15, 0.2) is 24.6 Å². The summed E-state index contributed by atoms with van der Waals surface area (Å²) >= 11 is 0. The van der Waals surface area contributed by atoms with E-state index in [0.29, 0.717) is 19.3 Å². The zero-order chi connectivity index (χ0) is 58.9. The number of hydrogen-bond donors (Lipinski definition) is 3. The van der Waals surface area contributed by atoms with Gasteiger partial charge in [0.2, 0.25) is 0 Å². The molecule has 0 saturated carbocycles. The van der Waals surface area contributed by atoms with Gasteiger partial charge in [-0.25, -0.2) is 4.79 Å². The first-order chi connectivity index (χ1) is 39.6. The molecule has 0 radical (unpaired) electrons. The SMILES string of the molecule is CC/C=C\C/C=C\C/C=C\C/C=C\CCCCC(=O)OC(COC(=O)CCCCCCCCC/C=C\C/C=C\C/C=C\CC)COC1OC(C(=O)O)C(O)C(O)C1OC(=O)CCCCCCCC/C=C\C/C=C\C/C=C\CCCCC. The number of aliphatic carboxylic acids is 1. The summed E-state index contributed by atoms with van der Waals surface area (Å²) in [4.78, 5) is 51.3. The van der Waals surface area contributed by atoms with Gasteiger partial charge in [-0.05, 0) is 128 Å². The third kappa shape index (κ3) is 45.3. The second-order valence-electron chi connectivity index (χ2n) is 20.9. The van der Waals surface area contributed by atoms with Crippen molar-refractivity contribution in [1.29, 1.82) is 0 Å². The van der Waals surface area contributed by atoms with Crippen molar-refractivity contribution >= 4 is 23.9 Å². The van der Waals surface area contributed by atoms with Crippen LogP contribution in [-0.4, -0.2) is 89.2 Å². The molecule has 0 aromatic rings. The molecule has 1 aliphatic rings. The molecule has 6 atom stereocenters. The summed E-state index contributed by atoms with van der Waals surface area (Å²) in [5, 5.41) is 31.6. The third-order valence-electron chi connectivity index (χ3n) is 13.5. The smallest absolute Gasteiger partial charge is 0.335 e. The van der Waals surface area contributed by atoms with E-state index in [4.69, 9.17) is 23.7 Å². The van der Waals surface area contributed by atoms with Gasteiger partial charge in [-0.15, -0.1) is 0 Å². The fraction of sp³-hybridized carbons (Fsp3) is 0.652. The maximum absolute atomic E-state index is 13.2. The van der Waals surface area contributed by atoms with Crippen molar-refractivity contribution in [2.24, 2.45) is 0 Å². The highest BCUT2D eigenvalue weighted by Gasteiger charge is 2.50. The average molecular weight is 1130 g/mol. The fourth-order valence-electron chi connectivity index (χ4n) is 8.73. The Balaban J connectivity index is 2.71. The van der Waals surface area contributed by atoms with Crippen LogP contribution in [0, 0.1) is 0 Å². The van der Waals surface area contributed by atoms with E-state index in [1.165, 1.54) is 25.7 Å². The highest BCUT2D eigenvalue weighted by Crippen LogP contribution is 2.26. The number of carboxylic acids is 1. The van der Waals surface area contributed by atoms with Crippen molar-refractivity contribution in [2.75, 3.05) is 13.2 Å². The molecule has 1 fully saturated rings. The molecule has 1 aliphatic heterocycles. The van der Waals surface area contributed by atoms with Crippen molar-refractivity contribution in [2.45, 2.75) is 276 Å². The van der Waals surface area contributed by atoms with Crippen LogP contribution in [0.2, 0.25) is 0 Å². The van der Waals surface area contributed by atoms with E-state index < -0.39 is 67.3 Å². The molecule has 0 aromatic heterocycles. The van der Waals surface area contributed by atoms with E-state index in [2.05, 4.69) is 142 Å². The maximum Gasteiger partial charge on any atom is 0.335 e. The van der Waals surface area contributed by atoms with E-state index >= 15 is 0 Å². The monoisotopic (exact) mass is 1130 g/mol. The number of carboxylic acid groups (broad SMARTS) is 1. The van der Waals surface area contributed by atoms with Gasteiger partial charge in [0.05, 0.1) is 6.61 Å². The van der Waals surface area contributed by atoms with E-state index in [9.17, 15) is 34.5 Å². The molecule has 12 heteroatoms. The first-order valence-corrected chi connectivity index (χ1v) is 31.5. The number of ether oxygens (including phenoxy) is 5. The number of allylic oxidation sites excluding steroid dienone is 20. The van der Waals surface area contributed by atoms with Gasteiger partial charge in [0, 0.05) is 19.3 Å². The normalized spacial score (nSPS) is 18.6. The van der Waals surface area contributed by atoms with Gasteiger partial charge in [-0.3, -0.25) is 14.4 Å². The second kappa shape index (κ2) is 55.6. The molecule has 0 aromatic carbocycles. The molecule has 1 saturated heterocycles. The Kier molecular flexibility index (Phi) is 50.9. The molecule has 81 heavy (non-hydrogen) atoms. The van der Waals surface area contributed by atoms with E-state index in [1.54, 1.807) is 0 Å². The van der Waals surface area contributed by atoms with E-state index in [0.717, 1.165) is 154 Å². The van der Waals surface area contributed by atoms with Crippen LogP contribution in [0.4, 0.5) is 0 Å². The van der Waals surface area contributed by atoms with Crippen LogP contribution in [-0.2, 0) is 42.9 Å². The Morgan fingerprint density at radius 2 is 0.778 bits per heavy atom. The summed E-state index contributed by atoms with van der Waals surface area (Å²) in [6.07, 6.45) is 64.4. The molecular weight excluding hydrogens is 1020 g/mol. The molecule has 12 nitrogen and oxygen atoms in total. The minimum Gasteiger partial charge on any atom is -0.479 e. The molecular formula is C69H110O12. The van der Waals surface area contributed by atoms with Gasteiger partial charge in [0.25, 0.3) is 0 Å². The number of unbranched alkanes of at least 4 members (excludes halogenated alkanes) is 18. The van der Waals surface area contributed by atoms with Crippen molar-refractivity contribution in [3.63, 3.8) is 0 Å². The zero-order valence-electron chi connectivity index (χ0n) is 50.5. The largest absolute Gasteiger partial charge is 0.479 e. The van der Waals surface area contributed by atoms with Gasteiger partial charge >= 0.3 is 23.9 Å². The molecule has 1 rings (SSSR count). The van der Waals surface area contributed by atoms with Crippen LogP contribution in [0.1, 0.15) is 239 Å². The number of hydrogen-bond acceptors (Lipinski definition) is 11. The summed E-state index contributed by atoms with van der Waals surface area (Å²) in [5.74, 6) is -3.22. The lowest BCUT2D eigenvalue weighted by Gasteiger charge is -2.40. The molecule has 1 heterocycles. The average Bonchev–Trinajstić information content (AvgIpc) is 3.52. The zero-order valence-corrected chi connectivity index (χ0v) is 50.5. The summed E-state index contributed by atoms with van der Waals surface area (Å²) in [7, 11) is 0. The van der Waals surface area contributed by atoms with Crippen molar-refractivity contribution < 1.29 is 58.2 Å². The fourth-order valence-corrected chi connectivity index (χ4v) is 8.73. The summed E-state index contributed by atoms with van der Waals surface area (Å²) in [5.41, 5.74) is 0. The van der Waals surface area contributed by atoms with Crippen molar-refractivity contribution in [1.82, 2.24) is 0 Å². The predicted molar refractivity (Wildman–Crippen MR) is 330 cm³/mol. The van der Waals surface area contributed by atoms with Gasteiger partial charge < -0.3 is 39.0 Å². The Bertz CT molecular complexity index is 1870. The minimum absolute atomic E-state index is 0.0337. The lowest BCUT2D eigenvalue weighted by molar-refractivity contribution is -0.301. The first kappa shape index (κ1) is 74.1. The topological polar surface area (TPSA) is 175 Å². The van der Waals surface area contributed by atoms with Crippen LogP contribution in [0.15, 0.2) is 122 Å². The Morgan fingerprint density at radius 1 is 0.420 bits per heavy atom. The number of aliphatic hydroxyl groups excluding tert-OH is 2. The lowest BCUT2D eigenvalue weighted by atomic mass is 9.98. The molecule has 6 unspecified atom stereocenters. The van der Waals surface area contributed by atoms with Crippen LogP contribution in [0.5, 0.6) is 0 Å². The number of carbonyl (C=O) groups is 4. The van der Waals surface area contributed by atoms with Crippen LogP contribution >= 0.6 is 0 Å². The number of esters is 3. The van der Waals surface area contributed by atoms with Gasteiger partial charge in [-0.1, -0.05) is 213 Å². The first-order valence-electron chi connectivity index (χ1n) is 31.5. The van der Waals surface area contributed by atoms with Crippen LogP contribution in [0.25, 0.3) is 0 Å². The summed E-state index contributed by atoms with van der Waals surface area (Å²) in [6, 6.07) is 0. The molecule has 0 bridgehead atoms. The standard InChI is InChI=1S/C69H110O12/c1-4-7-10-13-16-19-22-25-28-30-31-33-36-39-42-45-48-51-54-57-63(72)80-67-65(74)64(73)66(68(75)76)81-69(67)78-59-60(79-62(71)56-53-50-47-44-41-38-34-27-24-21-18-15-12-9-6-3)58-77-61(70)55-52-49-46-43-40-37-35-32-29-26-23-20-17-14-11-8-5-2/h8-9,11-12,16-21,25-29,31,33-34,41,44,60,64-67,69,73-74H,4-7,10,13-15,22-24,30,32,35-40,42-43,45-59H2,1-3H3,(H,75,76)/b11-8-,12-9-,19-16-,20-17-,21-18-,28-25-,29-26-,33-31-,34-27-,44-41-. The number of rotatable bonds is 52.